The van der Waals surface area contributed by atoms with Gasteiger partial charge in [0.2, 0.25) is 5.91 Å². The summed E-state index contributed by atoms with van der Waals surface area (Å²) < 4.78 is 1.56. The third-order valence-electron chi connectivity index (χ3n) is 3.94. The van der Waals surface area contributed by atoms with Crippen LogP contribution in [-0.2, 0) is 4.79 Å². The van der Waals surface area contributed by atoms with Crippen LogP contribution in [-0.4, -0.2) is 21.6 Å². The normalized spacial score (nSPS) is 11.3. The number of nitriles is 1. The number of rotatable bonds is 5. The summed E-state index contributed by atoms with van der Waals surface area (Å²) in [7, 11) is 0. The maximum atomic E-state index is 12.4. The second-order valence-electron chi connectivity index (χ2n) is 5.88. The molecule has 0 aliphatic carbocycles. The molecule has 7 heteroatoms. The SMILES string of the molecule is C[C@@H](C(=O)Nc1cccc(NC(=O)c2cccc(C#N)c2)c1)n1cccn1. The summed E-state index contributed by atoms with van der Waals surface area (Å²) in [4.78, 5) is 24.7. The van der Waals surface area contributed by atoms with E-state index in [2.05, 4.69) is 15.7 Å². The second-order valence-corrected chi connectivity index (χ2v) is 5.88. The van der Waals surface area contributed by atoms with Gasteiger partial charge in [-0.3, -0.25) is 14.3 Å². The van der Waals surface area contributed by atoms with Gasteiger partial charge in [0, 0.05) is 29.3 Å². The molecule has 0 saturated heterocycles. The first-order chi connectivity index (χ1) is 13.1. The van der Waals surface area contributed by atoms with Crippen molar-refractivity contribution in [1.82, 2.24) is 9.78 Å². The van der Waals surface area contributed by atoms with Gasteiger partial charge in [-0.15, -0.1) is 0 Å². The Morgan fingerprint density at radius 3 is 2.52 bits per heavy atom. The van der Waals surface area contributed by atoms with Crippen molar-refractivity contribution < 1.29 is 9.59 Å². The Bertz CT molecular complexity index is 1010. The van der Waals surface area contributed by atoms with Gasteiger partial charge in [0.25, 0.3) is 5.91 Å². The second kappa shape index (κ2) is 7.97. The van der Waals surface area contributed by atoms with Crippen LogP contribution in [0.5, 0.6) is 0 Å². The van der Waals surface area contributed by atoms with Gasteiger partial charge in [-0.2, -0.15) is 10.4 Å². The molecule has 0 bridgehead atoms. The van der Waals surface area contributed by atoms with Crippen molar-refractivity contribution in [3.8, 4) is 6.07 Å². The lowest BCUT2D eigenvalue weighted by molar-refractivity contribution is -0.119. The van der Waals surface area contributed by atoms with E-state index in [1.807, 2.05) is 6.07 Å². The zero-order chi connectivity index (χ0) is 19.2. The molecule has 0 radical (unpaired) electrons. The van der Waals surface area contributed by atoms with Gasteiger partial charge in [-0.05, 0) is 49.4 Å². The van der Waals surface area contributed by atoms with E-state index < -0.39 is 6.04 Å². The van der Waals surface area contributed by atoms with E-state index in [0.717, 1.165) is 0 Å². The van der Waals surface area contributed by atoms with Crippen LogP contribution in [0.1, 0.15) is 28.9 Å². The number of benzene rings is 2. The standard InChI is InChI=1S/C20H17N5O2/c1-14(25-10-4-9-22-25)19(26)23-17-7-3-8-18(12-17)24-20(27)16-6-2-5-15(11-16)13-21/h2-12,14H,1H3,(H,23,26)(H,24,27)/t14-/m0/s1. The van der Waals surface area contributed by atoms with Crippen molar-refractivity contribution in [3.05, 3.63) is 78.1 Å². The number of carbonyl (C=O) groups excluding carboxylic acids is 2. The van der Waals surface area contributed by atoms with E-state index in [4.69, 9.17) is 5.26 Å². The first kappa shape index (κ1) is 17.9. The minimum absolute atomic E-state index is 0.219. The zero-order valence-electron chi connectivity index (χ0n) is 14.6. The number of anilines is 2. The fourth-order valence-electron chi connectivity index (χ4n) is 2.48. The molecule has 0 saturated carbocycles. The van der Waals surface area contributed by atoms with Crippen LogP contribution in [0.2, 0.25) is 0 Å². The van der Waals surface area contributed by atoms with E-state index in [-0.39, 0.29) is 11.8 Å². The maximum Gasteiger partial charge on any atom is 0.255 e. The van der Waals surface area contributed by atoms with E-state index in [9.17, 15) is 9.59 Å². The molecule has 27 heavy (non-hydrogen) atoms. The van der Waals surface area contributed by atoms with Crippen molar-refractivity contribution in [3.63, 3.8) is 0 Å². The summed E-state index contributed by atoms with van der Waals surface area (Å²) in [5, 5.41) is 18.6. The zero-order valence-corrected chi connectivity index (χ0v) is 14.6. The third kappa shape index (κ3) is 4.38. The Morgan fingerprint density at radius 1 is 1.07 bits per heavy atom. The predicted molar refractivity (Wildman–Crippen MR) is 101 cm³/mol. The third-order valence-corrected chi connectivity index (χ3v) is 3.94. The molecule has 3 rings (SSSR count). The van der Waals surface area contributed by atoms with Crippen molar-refractivity contribution in [2.24, 2.45) is 0 Å². The number of carbonyl (C=O) groups is 2. The molecule has 1 atom stereocenters. The molecule has 2 amide bonds. The fraction of sp³-hybridized carbons (Fsp3) is 0.100. The van der Waals surface area contributed by atoms with Gasteiger partial charge in [0.15, 0.2) is 0 Å². The number of hydrogen-bond donors (Lipinski definition) is 2. The molecular weight excluding hydrogens is 342 g/mol. The summed E-state index contributed by atoms with van der Waals surface area (Å²) in [6.07, 6.45) is 3.33. The Labute approximate surface area is 156 Å². The van der Waals surface area contributed by atoms with Crippen LogP contribution in [0, 0.1) is 11.3 Å². The Hall–Kier alpha value is -3.92. The quantitative estimate of drug-likeness (QED) is 0.730. The van der Waals surface area contributed by atoms with Gasteiger partial charge in [-0.1, -0.05) is 12.1 Å². The molecule has 7 nitrogen and oxygen atoms in total. The number of nitrogens with one attached hydrogen (secondary N) is 2. The summed E-state index contributed by atoms with van der Waals surface area (Å²) in [5.41, 5.74) is 1.89. The van der Waals surface area contributed by atoms with Gasteiger partial charge in [0.05, 0.1) is 11.6 Å². The van der Waals surface area contributed by atoms with E-state index in [1.165, 1.54) is 6.07 Å². The molecule has 0 fully saturated rings. The Balaban J connectivity index is 1.69. The molecule has 1 heterocycles. The minimum atomic E-state index is -0.466. The Morgan fingerprint density at radius 2 is 1.81 bits per heavy atom. The predicted octanol–water partition coefficient (Wildman–Crippen LogP) is 3.21. The highest BCUT2D eigenvalue weighted by Crippen LogP contribution is 2.18. The van der Waals surface area contributed by atoms with Crippen molar-refractivity contribution in [2.45, 2.75) is 13.0 Å². The molecule has 0 unspecified atom stereocenters. The highest BCUT2D eigenvalue weighted by Gasteiger charge is 2.15. The monoisotopic (exact) mass is 359 g/mol. The van der Waals surface area contributed by atoms with Crippen molar-refractivity contribution >= 4 is 23.2 Å². The Kier molecular flexibility index (Phi) is 5.28. The number of hydrogen-bond acceptors (Lipinski definition) is 4. The summed E-state index contributed by atoms with van der Waals surface area (Å²) in [5.74, 6) is -0.551. The molecular formula is C20H17N5O2. The lowest BCUT2D eigenvalue weighted by Crippen LogP contribution is -2.24. The summed E-state index contributed by atoms with van der Waals surface area (Å²) in [6.45, 7) is 1.75. The van der Waals surface area contributed by atoms with E-state index >= 15 is 0 Å². The van der Waals surface area contributed by atoms with Crippen molar-refractivity contribution in [1.29, 1.82) is 5.26 Å². The first-order valence-electron chi connectivity index (χ1n) is 8.28. The minimum Gasteiger partial charge on any atom is -0.324 e. The molecule has 2 aromatic carbocycles. The van der Waals surface area contributed by atoms with Crippen LogP contribution in [0.4, 0.5) is 11.4 Å². The van der Waals surface area contributed by atoms with Crippen LogP contribution in [0.3, 0.4) is 0 Å². The molecule has 0 aliphatic heterocycles. The molecule has 0 aliphatic rings. The van der Waals surface area contributed by atoms with Gasteiger partial charge >= 0.3 is 0 Å². The summed E-state index contributed by atoms with van der Waals surface area (Å²) in [6, 6.07) is 16.6. The maximum absolute atomic E-state index is 12.4. The molecule has 2 N–H and O–H groups in total. The smallest absolute Gasteiger partial charge is 0.255 e. The molecule has 134 valence electrons. The first-order valence-corrected chi connectivity index (χ1v) is 8.28. The molecule has 1 aromatic heterocycles. The van der Waals surface area contributed by atoms with Crippen LogP contribution in [0.25, 0.3) is 0 Å². The van der Waals surface area contributed by atoms with Gasteiger partial charge < -0.3 is 10.6 Å². The number of amides is 2. The van der Waals surface area contributed by atoms with Crippen LogP contribution >= 0.6 is 0 Å². The topological polar surface area (TPSA) is 99.8 Å². The highest BCUT2D eigenvalue weighted by molar-refractivity contribution is 6.05. The largest absolute Gasteiger partial charge is 0.324 e. The van der Waals surface area contributed by atoms with Crippen LogP contribution < -0.4 is 10.6 Å². The lowest BCUT2D eigenvalue weighted by Gasteiger charge is -2.13. The highest BCUT2D eigenvalue weighted by atomic mass is 16.2. The van der Waals surface area contributed by atoms with Crippen LogP contribution in [0.15, 0.2) is 67.0 Å². The van der Waals surface area contributed by atoms with Gasteiger partial charge in [0.1, 0.15) is 6.04 Å². The average Bonchev–Trinajstić information content (AvgIpc) is 3.22. The van der Waals surface area contributed by atoms with E-state index in [1.54, 1.807) is 72.5 Å². The van der Waals surface area contributed by atoms with E-state index in [0.29, 0.717) is 22.5 Å². The molecule has 3 aromatic rings. The van der Waals surface area contributed by atoms with Crippen molar-refractivity contribution in [2.75, 3.05) is 10.6 Å². The number of aromatic nitrogens is 2. The number of nitrogens with zero attached hydrogens (tertiary/aromatic N) is 3. The fourth-order valence-corrected chi connectivity index (χ4v) is 2.48. The lowest BCUT2D eigenvalue weighted by atomic mass is 10.1. The average molecular weight is 359 g/mol. The van der Waals surface area contributed by atoms with Gasteiger partial charge in [-0.25, -0.2) is 0 Å². The summed E-state index contributed by atoms with van der Waals surface area (Å²) >= 11 is 0. The molecule has 0 spiro atoms.